The number of ether oxygens (including phenoxy) is 1. The van der Waals surface area contributed by atoms with E-state index >= 15 is 0 Å². The maximum absolute atomic E-state index is 5.42. The Morgan fingerprint density at radius 2 is 2.06 bits per heavy atom. The maximum Gasteiger partial charge on any atom is 0.223 e. The average Bonchev–Trinajstić information content (AvgIpc) is 3.47. The Hall–Kier alpha value is -2.78. The molecule has 0 radical (unpaired) electrons. The number of anilines is 3. The fourth-order valence-electron chi connectivity index (χ4n) is 3.96. The highest BCUT2D eigenvalue weighted by Crippen LogP contribution is 2.28. The van der Waals surface area contributed by atoms with E-state index in [0.29, 0.717) is 17.8 Å². The van der Waals surface area contributed by atoms with Crippen molar-refractivity contribution in [3.8, 4) is 0 Å². The number of hydrogen-bond acceptors (Lipinski definition) is 7. The van der Waals surface area contributed by atoms with Crippen molar-refractivity contribution in [1.82, 2.24) is 9.97 Å². The lowest BCUT2D eigenvalue weighted by Crippen LogP contribution is -2.36. The molecule has 9 heteroatoms. The Bertz CT molecular complexity index is 971. The van der Waals surface area contributed by atoms with Crippen molar-refractivity contribution >= 4 is 39.6 Å². The molecule has 2 N–H and O–H groups in total. The van der Waals surface area contributed by atoms with Gasteiger partial charge < -0.3 is 20.3 Å². The molecule has 2 aromatic heterocycles. The van der Waals surface area contributed by atoms with Gasteiger partial charge in [-0.25, -0.2) is 15.0 Å². The first kappa shape index (κ1) is 22.4. The van der Waals surface area contributed by atoms with Gasteiger partial charge in [0.05, 0.1) is 41.4 Å². The molecule has 4 rings (SSSR count). The molecule has 0 atom stereocenters. The third-order valence-electron chi connectivity index (χ3n) is 5.71. The second-order valence-corrected chi connectivity index (χ2v) is 8.93. The van der Waals surface area contributed by atoms with Crippen molar-refractivity contribution in [3.63, 3.8) is 0 Å². The van der Waals surface area contributed by atoms with Crippen molar-refractivity contribution < 1.29 is 4.74 Å². The van der Waals surface area contributed by atoms with E-state index in [1.807, 2.05) is 19.2 Å². The van der Waals surface area contributed by atoms with Gasteiger partial charge in [-0.3, -0.25) is 4.99 Å². The molecule has 1 saturated carbocycles. The van der Waals surface area contributed by atoms with E-state index in [1.165, 1.54) is 25.7 Å². The third-order valence-corrected chi connectivity index (χ3v) is 6.82. The predicted octanol–water partition coefficient (Wildman–Crippen LogP) is 4.11. The predicted molar refractivity (Wildman–Crippen MR) is 134 cm³/mol. The van der Waals surface area contributed by atoms with Crippen LogP contribution < -0.4 is 15.5 Å². The Balaban J connectivity index is 1.45. The number of thiazole rings is 1. The number of pyridine rings is 1. The van der Waals surface area contributed by atoms with Crippen LogP contribution in [-0.4, -0.2) is 61.0 Å². The van der Waals surface area contributed by atoms with E-state index in [9.17, 15) is 0 Å². The topological polar surface area (TPSA) is 87.0 Å². The van der Waals surface area contributed by atoms with Crippen LogP contribution in [0, 0.1) is 6.92 Å². The van der Waals surface area contributed by atoms with E-state index in [2.05, 4.69) is 38.2 Å². The molecule has 0 unspecified atom stereocenters. The number of aryl methyl sites for hydroxylation is 1. The fourth-order valence-corrected chi connectivity index (χ4v) is 4.99. The molecule has 2 fully saturated rings. The fraction of sp³-hybridized carbons (Fsp3) is 0.478. The minimum absolute atomic E-state index is 0.477. The molecule has 1 saturated heterocycles. The first-order valence-electron chi connectivity index (χ1n) is 11.1. The van der Waals surface area contributed by atoms with Crippen LogP contribution in [0.5, 0.6) is 0 Å². The van der Waals surface area contributed by atoms with E-state index in [0.717, 1.165) is 53.4 Å². The molecular weight excluding hydrogens is 422 g/mol. The number of aliphatic imine (C=N–C) groups is 2. The highest BCUT2D eigenvalue weighted by Gasteiger charge is 2.18. The van der Waals surface area contributed by atoms with Crippen LogP contribution >= 0.6 is 11.3 Å². The van der Waals surface area contributed by atoms with Gasteiger partial charge in [0, 0.05) is 26.2 Å². The van der Waals surface area contributed by atoms with Gasteiger partial charge in [-0.15, -0.1) is 0 Å². The van der Waals surface area contributed by atoms with E-state index in [-0.39, 0.29) is 0 Å². The summed E-state index contributed by atoms with van der Waals surface area (Å²) in [6.45, 7) is 9.24. The minimum atomic E-state index is 0.477. The van der Waals surface area contributed by atoms with Crippen LogP contribution in [0.1, 0.15) is 36.3 Å². The molecule has 0 spiro atoms. The average molecular weight is 454 g/mol. The third kappa shape index (κ3) is 5.52. The van der Waals surface area contributed by atoms with Gasteiger partial charge in [0.15, 0.2) is 5.13 Å². The molecule has 170 valence electrons. The molecule has 1 aliphatic heterocycles. The molecule has 8 nitrogen and oxygen atoms in total. The van der Waals surface area contributed by atoms with Crippen molar-refractivity contribution in [3.05, 3.63) is 41.6 Å². The quantitative estimate of drug-likeness (QED) is 0.506. The highest BCUT2D eigenvalue weighted by molar-refractivity contribution is 7.17. The first-order chi connectivity index (χ1) is 15.7. The molecule has 3 heterocycles. The summed E-state index contributed by atoms with van der Waals surface area (Å²) in [5.74, 6) is 1.17. The number of hydrogen-bond donors (Lipinski definition) is 2. The summed E-state index contributed by atoms with van der Waals surface area (Å²) in [6.07, 6.45) is 8.62. The zero-order chi connectivity index (χ0) is 22.3. The second-order valence-electron chi connectivity index (χ2n) is 7.93. The standard InChI is InChI=1S/C23H31N7OS/c1-4-19(21-16(2)26-23(32-21)27-17-7-5-6-8-17)28-22(24-3)29-20-10-9-18(15-25-20)30-11-13-31-14-12-30/h4,9-10,15,17H,1,5-8,11-14H2,2-3H3,(H,26,27)(H,24,25,29)/b28-19+. The zero-order valence-electron chi connectivity index (χ0n) is 18.8. The van der Waals surface area contributed by atoms with Gasteiger partial charge in [0.25, 0.3) is 0 Å². The van der Waals surface area contributed by atoms with Crippen molar-refractivity contribution in [2.75, 3.05) is 48.9 Å². The Labute approximate surface area is 193 Å². The summed E-state index contributed by atoms with van der Waals surface area (Å²) in [7, 11) is 1.71. The minimum Gasteiger partial charge on any atom is -0.378 e. The van der Waals surface area contributed by atoms with Gasteiger partial charge in [-0.1, -0.05) is 30.8 Å². The first-order valence-corrected chi connectivity index (χ1v) is 12.0. The largest absolute Gasteiger partial charge is 0.378 e. The summed E-state index contributed by atoms with van der Waals surface area (Å²) in [6, 6.07) is 4.53. The summed E-state index contributed by atoms with van der Waals surface area (Å²) < 4.78 is 5.42. The van der Waals surface area contributed by atoms with E-state index in [4.69, 9.17) is 14.7 Å². The van der Waals surface area contributed by atoms with Crippen molar-refractivity contribution in [2.45, 2.75) is 38.6 Å². The Kier molecular flexibility index (Phi) is 7.49. The van der Waals surface area contributed by atoms with Gasteiger partial charge in [-0.05, 0) is 38.0 Å². The number of allylic oxidation sites excluding steroid dienone is 1. The number of aromatic nitrogens is 2. The second kappa shape index (κ2) is 10.7. The van der Waals surface area contributed by atoms with E-state index < -0.39 is 0 Å². The highest BCUT2D eigenvalue weighted by atomic mass is 32.1. The number of rotatable bonds is 6. The molecule has 2 aliphatic rings. The molecule has 0 bridgehead atoms. The molecular formula is C23H31N7OS. The van der Waals surface area contributed by atoms with Crippen molar-refractivity contribution in [1.29, 1.82) is 0 Å². The van der Waals surface area contributed by atoms with Gasteiger partial charge in [0.2, 0.25) is 5.96 Å². The lowest BCUT2D eigenvalue weighted by atomic mass is 10.2. The summed E-state index contributed by atoms with van der Waals surface area (Å²) >= 11 is 1.62. The summed E-state index contributed by atoms with van der Waals surface area (Å²) in [5, 5.41) is 7.72. The number of morpholine rings is 1. The van der Waals surface area contributed by atoms with Crippen LogP contribution in [0.3, 0.4) is 0 Å². The summed E-state index contributed by atoms with van der Waals surface area (Å²) in [5.41, 5.74) is 2.78. The lowest BCUT2D eigenvalue weighted by Gasteiger charge is -2.28. The summed E-state index contributed by atoms with van der Waals surface area (Å²) in [4.78, 5) is 21.5. The number of nitrogens with one attached hydrogen (secondary N) is 2. The molecule has 32 heavy (non-hydrogen) atoms. The van der Waals surface area contributed by atoms with E-state index in [1.54, 1.807) is 24.5 Å². The normalized spacial score (nSPS) is 18.1. The smallest absolute Gasteiger partial charge is 0.223 e. The molecule has 2 aromatic rings. The SMILES string of the molecule is C=C/C(=N\C(=NC)Nc1ccc(N2CCOCC2)cn1)c1sc(NC2CCCC2)nc1C. The number of guanidine groups is 1. The number of nitrogens with zero attached hydrogens (tertiary/aromatic N) is 5. The lowest BCUT2D eigenvalue weighted by molar-refractivity contribution is 0.122. The van der Waals surface area contributed by atoms with Crippen LogP contribution in [0.25, 0.3) is 0 Å². The monoisotopic (exact) mass is 453 g/mol. The zero-order valence-corrected chi connectivity index (χ0v) is 19.6. The van der Waals surface area contributed by atoms with Gasteiger partial charge >= 0.3 is 0 Å². The molecule has 0 amide bonds. The van der Waals surface area contributed by atoms with Crippen LogP contribution in [0.4, 0.5) is 16.6 Å². The maximum atomic E-state index is 5.42. The van der Waals surface area contributed by atoms with Crippen LogP contribution in [0.2, 0.25) is 0 Å². The molecule has 0 aromatic carbocycles. The van der Waals surface area contributed by atoms with Gasteiger partial charge in [-0.2, -0.15) is 0 Å². The van der Waals surface area contributed by atoms with Crippen LogP contribution in [0.15, 0.2) is 41.0 Å². The Morgan fingerprint density at radius 3 is 2.72 bits per heavy atom. The van der Waals surface area contributed by atoms with Crippen LogP contribution in [-0.2, 0) is 4.74 Å². The molecule has 1 aliphatic carbocycles. The Morgan fingerprint density at radius 1 is 1.28 bits per heavy atom. The van der Waals surface area contributed by atoms with Gasteiger partial charge in [0.1, 0.15) is 5.82 Å². The van der Waals surface area contributed by atoms with Crippen molar-refractivity contribution in [2.24, 2.45) is 9.98 Å².